The van der Waals surface area contributed by atoms with Crippen LogP contribution in [0.4, 0.5) is 4.39 Å². The number of benzene rings is 3. The van der Waals surface area contributed by atoms with Crippen LogP contribution in [0.1, 0.15) is 22.3 Å². The first-order valence-electron chi connectivity index (χ1n) is 7.31. The molecule has 0 fully saturated rings. The zero-order valence-corrected chi connectivity index (χ0v) is 12.2. The van der Waals surface area contributed by atoms with Crippen molar-refractivity contribution in [3.63, 3.8) is 0 Å². The van der Waals surface area contributed by atoms with Crippen molar-refractivity contribution in [1.29, 1.82) is 0 Å². The Kier molecular flexibility index (Phi) is 2.72. The third kappa shape index (κ3) is 1.62. The van der Waals surface area contributed by atoms with Crippen LogP contribution in [-0.4, -0.2) is 5.11 Å². The summed E-state index contributed by atoms with van der Waals surface area (Å²) in [5.74, 6) is -0.378. The van der Waals surface area contributed by atoms with Crippen LogP contribution in [0.25, 0.3) is 11.1 Å². The van der Waals surface area contributed by atoms with Crippen LogP contribution in [0.2, 0.25) is 0 Å². The molecule has 0 radical (unpaired) electrons. The molecule has 3 aromatic rings. The molecular formula is C20H15FO. The average molecular weight is 290 g/mol. The molecule has 2 heteroatoms. The summed E-state index contributed by atoms with van der Waals surface area (Å²) < 4.78 is 14.6. The maximum absolute atomic E-state index is 14.6. The van der Waals surface area contributed by atoms with E-state index in [-0.39, 0.29) is 5.82 Å². The second-order valence-corrected chi connectivity index (χ2v) is 5.78. The zero-order chi connectivity index (χ0) is 15.3. The van der Waals surface area contributed by atoms with E-state index in [0.717, 1.165) is 22.3 Å². The summed E-state index contributed by atoms with van der Waals surface area (Å²) in [4.78, 5) is 0. The summed E-state index contributed by atoms with van der Waals surface area (Å²) in [5.41, 5.74) is 3.09. The van der Waals surface area contributed by atoms with E-state index >= 15 is 0 Å². The summed E-state index contributed by atoms with van der Waals surface area (Å²) >= 11 is 0. The summed E-state index contributed by atoms with van der Waals surface area (Å²) in [6, 6.07) is 20.2. The maximum Gasteiger partial charge on any atom is 0.144 e. The second kappa shape index (κ2) is 4.52. The van der Waals surface area contributed by atoms with Gasteiger partial charge in [0, 0.05) is 11.1 Å². The Morgan fingerprint density at radius 3 is 2.27 bits per heavy atom. The van der Waals surface area contributed by atoms with Gasteiger partial charge in [0.05, 0.1) is 0 Å². The van der Waals surface area contributed by atoms with Crippen molar-refractivity contribution in [3.05, 3.63) is 94.8 Å². The van der Waals surface area contributed by atoms with E-state index < -0.39 is 5.60 Å². The topological polar surface area (TPSA) is 20.2 Å². The van der Waals surface area contributed by atoms with Gasteiger partial charge in [0.2, 0.25) is 0 Å². The SMILES string of the molecule is Cc1ccc(C2(O)c3ccccc3-c3cccc(F)c32)cc1. The molecular weight excluding hydrogens is 275 g/mol. The van der Waals surface area contributed by atoms with Gasteiger partial charge >= 0.3 is 0 Å². The Morgan fingerprint density at radius 2 is 1.50 bits per heavy atom. The normalized spacial score (nSPS) is 18.9. The highest BCUT2D eigenvalue weighted by atomic mass is 19.1. The van der Waals surface area contributed by atoms with Crippen LogP contribution in [0.3, 0.4) is 0 Å². The molecule has 1 N–H and O–H groups in total. The highest BCUT2D eigenvalue weighted by Gasteiger charge is 2.44. The predicted molar refractivity (Wildman–Crippen MR) is 85.1 cm³/mol. The molecule has 22 heavy (non-hydrogen) atoms. The van der Waals surface area contributed by atoms with Crippen molar-refractivity contribution in [1.82, 2.24) is 0 Å². The van der Waals surface area contributed by atoms with Crippen LogP contribution >= 0.6 is 0 Å². The Balaban J connectivity index is 2.10. The number of hydrogen-bond donors (Lipinski definition) is 1. The number of fused-ring (bicyclic) bond motifs is 3. The van der Waals surface area contributed by atoms with Gasteiger partial charge in [0.15, 0.2) is 0 Å². The number of aliphatic hydroxyl groups is 1. The molecule has 1 atom stereocenters. The molecule has 3 aromatic carbocycles. The van der Waals surface area contributed by atoms with E-state index in [1.165, 1.54) is 6.07 Å². The fourth-order valence-corrected chi connectivity index (χ4v) is 3.38. The van der Waals surface area contributed by atoms with Crippen molar-refractivity contribution in [2.45, 2.75) is 12.5 Å². The maximum atomic E-state index is 14.6. The fraction of sp³-hybridized carbons (Fsp3) is 0.100. The van der Waals surface area contributed by atoms with E-state index in [9.17, 15) is 9.50 Å². The largest absolute Gasteiger partial charge is 0.376 e. The molecule has 4 rings (SSSR count). The molecule has 0 aromatic heterocycles. The molecule has 0 aliphatic heterocycles. The van der Waals surface area contributed by atoms with Gasteiger partial charge in [-0.1, -0.05) is 66.2 Å². The van der Waals surface area contributed by atoms with Crippen LogP contribution < -0.4 is 0 Å². The number of halogens is 1. The van der Waals surface area contributed by atoms with Crippen molar-refractivity contribution in [2.75, 3.05) is 0 Å². The Morgan fingerprint density at radius 1 is 0.818 bits per heavy atom. The molecule has 1 nitrogen and oxygen atoms in total. The summed E-state index contributed by atoms with van der Waals surface area (Å²) in [7, 11) is 0. The van der Waals surface area contributed by atoms with E-state index in [1.54, 1.807) is 6.07 Å². The van der Waals surface area contributed by atoms with Crippen molar-refractivity contribution in [3.8, 4) is 11.1 Å². The Hall–Kier alpha value is -2.45. The Labute approximate surface area is 128 Å². The van der Waals surface area contributed by atoms with E-state index in [1.807, 2.05) is 61.5 Å². The highest BCUT2D eigenvalue weighted by Crippen LogP contribution is 2.51. The van der Waals surface area contributed by atoms with Crippen molar-refractivity contribution in [2.24, 2.45) is 0 Å². The number of rotatable bonds is 1. The van der Waals surface area contributed by atoms with E-state index in [4.69, 9.17) is 0 Å². The standard InChI is InChI=1S/C20H15FO/c1-13-9-11-14(12-10-13)20(22)17-7-3-2-5-15(17)16-6-4-8-18(21)19(16)20/h2-12,22H,1H3. The van der Waals surface area contributed by atoms with Gasteiger partial charge in [-0.15, -0.1) is 0 Å². The van der Waals surface area contributed by atoms with E-state index in [0.29, 0.717) is 11.1 Å². The molecule has 1 aliphatic rings. The van der Waals surface area contributed by atoms with Gasteiger partial charge < -0.3 is 5.11 Å². The third-order valence-electron chi connectivity index (χ3n) is 4.45. The molecule has 0 saturated carbocycles. The summed E-state index contributed by atoms with van der Waals surface area (Å²) in [5, 5.41) is 11.5. The molecule has 0 heterocycles. The third-order valence-corrected chi connectivity index (χ3v) is 4.45. The minimum Gasteiger partial charge on any atom is -0.376 e. The minimum atomic E-state index is -1.44. The number of aryl methyl sites for hydroxylation is 1. The van der Waals surface area contributed by atoms with Crippen LogP contribution in [0, 0.1) is 12.7 Å². The number of hydrogen-bond acceptors (Lipinski definition) is 1. The molecule has 1 unspecified atom stereocenters. The van der Waals surface area contributed by atoms with Gasteiger partial charge in [-0.3, -0.25) is 0 Å². The average Bonchev–Trinajstić information content (AvgIpc) is 2.80. The molecule has 0 spiro atoms. The first kappa shape index (κ1) is 13.2. The van der Waals surface area contributed by atoms with Crippen molar-refractivity contribution < 1.29 is 9.50 Å². The smallest absolute Gasteiger partial charge is 0.144 e. The fourth-order valence-electron chi connectivity index (χ4n) is 3.38. The van der Waals surface area contributed by atoms with Gasteiger partial charge in [0.1, 0.15) is 11.4 Å². The summed E-state index contributed by atoms with van der Waals surface area (Å²) in [6.45, 7) is 1.99. The first-order chi connectivity index (χ1) is 10.6. The highest BCUT2D eigenvalue weighted by molar-refractivity contribution is 5.82. The lowest BCUT2D eigenvalue weighted by atomic mass is 9.84. The van der Waals surface area contributed by atoms with Crippen LogP contribution in [0.5, 0.6) is 0 Å². The first-order valence-corrected chi connectivity index (χ1v) is 7.31. The van der Waals surface area contributed by atoms with Crippen LogP contribution in [-0.2, 0) is 5.60 Å². The monoisotopic (exact) mass is 290 g/mol. The molecule has 108 valence electrons. The van der Waals surface area contributed by atoms with Crippen LogP contribution in [0.15, 0.2) is 66.7 Å². The second-order valence-electron chi connectivity index (χ2n) is 5.78. The lowest BCUT2D eigenvalue weighted by molar-refractivity contribution is 0.126. The summed E-state index contributed by atoms with van der Waals surface area (Å²) in [6.07, 6.45) is 0. The quantitative estimate of drug-likeness (QED) is 0.704. The van der Waals surface area contributed by atoms with Gasteiger partial charge in [-0.05, 0) is 29.7 Å². The van der Waals surface area contributed by atoms with Crippen molar-refractivity contribution >= 4 is 0 Å². The molecule has 0 bridgehead atoms. The zero-order valence-electron chi connectivity index (χ0n) is 12.2. The predicted octanol–water partition coefficient (Wildman–Crippen LogP) is 4.40. The molecule has 0 saturated heterocycles. The van der Waals surface area contributed by atoms with E-state index in [2.05, 4.69) is 0 Å². The van der Waals surface area contributed by atoms with Gasteiger partial charge in [-0.2, -0.15) is 0 Å². The van der Waals surface area contributed by atoms with Gasteiger partial charge in [-0.25, -0.2) is 4.39 Å². The Bertz CT molecular complexity index is 867. The van der Waals surface area contributed by atoms with Gasteiger partial charge in [0.25, 0.3) is 0 Å². The lowest BCUT2D eigenvalue weighted by Crippen LogP contribution is -2.27. The minimum absolute atomic E-state index is 0.347. The molecule has 1 aliphatic carbocycles. The lowest BCUT2D eigenvalue weighted by Gasteiger charge is -2.27. The molecule has 0 amide bonds.